The third-order valence-electron chi connectivity index (χ3n) is 4.26. The summed E-state index contributed by atoms with van der Waals surface area (Å²) in [6.45, 7) is 6.90. The number of nitriles is 1. The standard InChI is InChI=1S/C15H19N2/c1-4-10-17(3)12(2)15(14(17)11-16)13-8-6-5-7-9-13/h4-9,12,14-15H,1,10H2,2-3H3/q+1/t12-,14+,15+,17-/m0/s1. The molecule has 0 bridgehead atoms. The van der Waals surface area contributed by atoms with E-state index < -0.39 is 0 Å². The largest absolute Gasteiger partial charge is 0.305 e. The molecule has 0 spiro atoms. The Labute approximate surface area is 103 Å². The van der Waals surface area contributed by atoms with E-state index in [2.05, 4.69) is 38.8 Å². The van der Waals surface area contributed by atoms with Crippen molar-refractivity contribution in [2.24, 2.45) is 0 Å². The summed E-state index contributed by atoms with van der Waals surface area (Å²) in [5.74, 6) is 0.353. The molecule has 1 fully saturated rings. The Morgan fingerprint density at radius 1 is 1.41 bits per heavy atom. The molecule has 88 valence electrons. The topological polar surface area (TPSA) is 23.8 Å². The van der Waals surface area contributed by atoms with Gasteiger partial charge in [-0.2, -0.15) is 5.26 Å². The first-order chi connectivity index (χ1) is 8.15. The van der Waals surface area contributed by atoms with Crippen LogP contribution in [-0.2, 0) is 0 Å². The van der Waals surface area contributed by atoms with Crippen molar-refractivity contribution < 1.29 is 4.48 Å². The van der Waals surface area contributed by atoms with Gasteiger partial charge in [0.1, 0.15) is 18.0 Å². The van der Waals surface area contributed by atoms with Gasteiger partial charge in [0, 0.05) is 0 Å². The van der Waals surface area contributed by atoms with Gasteiger partial charge in [0.05, 0.1) is 13.6 Å². The van der Waals surface area contributed by atoms with E-state index in [1.54, 1.807) is 0 Å². The average Bonchev–Trinajstić information content (AvgIpc) is 2.36. The van der Waals surface area contributed by atoms with Gasteiger partial charge in [-0.3, -0.25) is 0 Å². The Morgan fingerprint density at radius 3 is 2.59 bits per heavy atom. The zero-order valence-corrected chi connectivity index (χ0v) is 10.5. The average molecular weight is 227 g/mol. The van der Waals surface area contributed by atoms with Crippen LogP contribution >= 0.6 is 0 Å². The van der Waals surface area contributed by atoms with E-state index in [0.717, 1.165) is 11.0 Å². The molecule has 0 saturated carbocycles. The zero-order chi connectivity index (χ0) is 12.5. The summed E-state index contributed by atoms with van der Waals surface area (Å²) in [5, 5.41) is 9.40. The quantitative estimate of drug-likeness (QED) is 0.575. The van der Waals surface area contributed by atoms with E-state index in [-0.39, 0.29) is 6.04 Å². The minimum atomic E-state index is 0.0467. The van der Waals surface area contributed by atoms with Crippen molar-refractivity contribution in [1.29, 1.82) is 5.26 Å². The van der Waals surface area contributed by atoms with Crippen LogP contribution in [0.1, 0.15) is 18.4 Å². The van der Waals surface area contributed by atoms with E-state index >= 15 is 0 Å². The molecule has 0 N–H and O–H groups in total. The number of hydrogen-bond donors (Lipinski definition) is 0. The maximum atomic E-state index is 9.40. The Bertz CT molecular complexity index is 446. The molecule has 1 saturated heterocycles. The van der Waals surface area contributed by atoms with E-state index in [0.29, 0.717) is 12.0 Å². The third-order valence-corrected chi connectivity index (χ3v) is 4.26. The summed E-state index contributed by atoms with van der Waals surface area (Å²) in [6, 6.07) is 13.4. The van der Waals surface area contributed by atoms with Gasteiger partial charge in [0.15, 0.2) is 6.04 Å². The molecule has 0 amide bonds. The first kappa shape index (κ1) is 11.9. The van der Waals surface area contributed by atoms with Crippen LogP contribution in [0.5, 0.6) is 0 Å². The SMILES string of the molecule is C=CC[N@+]1(C)[C@H](C#N)[C@@H](c2ccccc2)[C@@H]1C. The van der Waals surface area contributed by atoms with Gasteiger partial charge in [0.25, 0.3) is 0 Å². The Kier molecular flexibility index (Phi) is 3.04. The molecule has 4 atom stereocenters. The lowest BCUT2D eigenvalue weighted by Gasteiger charge is -2.57. The van der Waals surface area contributed by atoms with Crippen LogP contribution in [-0.4, -0.2) is 30.2 Å². The van der Waals surface area contributed by atoms with Gasteiger partial charge in [-0.15, -0.1) is 0 Å². The molecular formula is C15H19N2+. The maximum absolute atomic E-state index is 9.40. The fourth-order valence-corrected chi connectivity index (χ4v) is 3.06. The Hall–Kier alpha value is -1.59. The molecule has 17 heavy (non-hydrogen) atoms. The fourth-order valence-electron chi connectivity index (χ4n) is 3.06. The van der Waals surface area contributed by atoms with Crippen molar-refractivity contribution in [3.05, 3.63) is 48.6 Å². The second-order valence-electron chi connectivity index (χ2n) is 5.07. The van der Waals surface area contributed by atoms with E-state index in [4.69, 9.17) is 0 Å². The molecule has 2 heteroatoms. The van der Waals surface area contributed by atoms with Crippen molar-refractivity contribution in [2.45, 2.75) is 24.9 Å². The summed E-state index contributed by atoms with van der Waals surface area (Å²) in [5.41, 5.74) is 1.28. The van der Waals surface area contributed by atoms with E-state index in [1.165, 1.54) is 5.56 Å². The van der Waals surface area contributed by atoms with Gasteiger partial charge in [-0.1, -0.05) is 36.9 Å². The maximum Gasteiger partial charge on any atom is 0.189 e. The highest BCUT2D eigenvalue weighted by Crippen LogP contribution is 2.45. The molecule has 1 aromatic rings. The van der Waals surface area contributed by atoms with Crippen LogP contribution in [0.25, 0.3) is 0 Å². The lowest BCUT2D eigenvalue weighted by atomic mass is 9.74. The van der Waals surface area contributed by atoms with Gasteiger partial charge >= 0.3 is 0 Å². The second kappa shape index (κ2) is 4.35. The zero-order valence-electron chi connectivity index (χ0n) is 10.5. The number of quaternary nitrogens is 1. The van der Waals surface area contributed by atoms with Gasteiger partial charge in [0.2, 0.25) is 0 Å². The summed E-state index contributed by atoms with van der Waals surface area (Å²) < 4.78 is 0.791. The number of likely N-dealkylation sites (N-methyl/N-ethyl adjacent to an activating group) is 1. The monoisotopic (exact) mass is 227 g/mol. The minimum Gasteiger partial charge on any atom is -0.305 e. The lowest BCUT2D eigenvalue weighted by molar-refractivity contribution is -0.987. The van der Waals surface area contributed by atoms with Crippen LogP contribution in [0.3, 0.4) is 0 Å². The van der Waals surface area contributed by atoms with Gasteiger partial charge < -0.3 is 4.48 Å². The van der Waals surface area contributed by atoms with Crippen molar-refractivity contribution in [2.75, 3.05) is 13.6 Å². The fraction of sp³-hybridized carbons (Fsp3) is 0.400. The minimum absolute atomic E-state index is 0.0467. The number of likely N-dealkylation sites (tertiary alicyclic amines) is 1. The molecule has 2 nitrogen and oxygen atoms in total. The molecular weight excluding hydrogens is 208 g/mol. The molecule has 0 aliphatic carbocycles. The first-order valence-corrected chi connectivity index (χ1v) is 6.05. The first-order valence-electron chi connectivity index (χ1n) is 6.05. The molecule has 1 aliphatic heterocycles. The molecule has 0 radical (unpaired) electrons. The second-order valence-corrected chi connectivity index (χ2v) is 5.07. The van der Waals surface area contributed by atoms with Crippen LogP contribution in [0.4, 0.5) is 0 Å². The summed E-state index contributed by atoms with van der Waals surface area (Å²) in [4.78, 5) is 0. The highest BCUT2D eigenvalue weighted by Gasteiger charge is 2.58. The van der Waals surface area contributed by atoms with Crippen LogP contribution in [0, 0.1) is 11.3 Å². The Morgan fingerprint density at radius 2 is 2.06 bits per heavy atom. The van der Waals surface area contributed by atoms with Crippen molar-refractivity contribution >= 4 is 0 Å². The van der Waals surface area contributed by atoms with Crippen LogP contribution in [0.15, 0.2) is 43.0 Å². The van der Waals surface area contributed by atoms with Gasteiger partial charge in [-0.05, 0) is 18.6 Å². The predicted octanol–water partition coefficient (Wildman–Crippen LogP) is 2.70. The highest BCUT2D eigenvalue weighted by molar-refractivity contribution is 5.27. The normalized spacial score (nSPS) is 35.7. The van der Waals surface area contributed by atoms with Crippen molar-refractivity contribution in [3.63, 3.8) is 0 Å². The molecule has 1 heterocycles. The number of nitrogens with zero attached hydrogens (tertiary/aromatic N) is 2. The summed E-state index contributed by atoms with van der Waals surface area (Å²) >= 11 is 0. The number of hydrogen-bond acceptors (Lipinski definition) is 1. The highest BCUT2D eigenvalue weighted by atomic mass is 15.4. The molecule has 1 aromatic carbocycles. The van der Waals surface area contributed by atoms with Gasteiger partial charge in [-0.25, -0.2) is 0 Å². The number of rotatable bonds is 3. The van der Waals surface area contributed by atoms with E-state index in [9.17, 15) is 5.26 Å². The smallest absolute Gasteiger partial charge is 0.189 e. The predicted molar refractivity (Wildman–Crippen MR) is 69.3 cm³/mol. The third kappa shape index (κ3) is 1.67. The molecule has 1 aliphatic rings. The number of benzene rings is 1. The Balaban J connectivity index is 2.29. The van der Waals surface area contributed by atoms with Crippen LogP contribution < -0.4 is 0 Å². The van der Waals surface area contributed by atoms with Crippen molar-refractivity contribution in [1.82, 2.24) is 0 Å². The van der Waals surface area contributed by atoms with Crippen molar-refractivity contribution in [3.8, 4) is 6.07 Å². The molecule has 2 rings (SSSR count). The molecule has 0 aromatic heterocycles. The molecule has 0 unspecified atom stereocenters. The van der Waals surface area contributed by atoms with Crippen LogP contribution in [0.2, 0.25) is 0 Å². The summed E-state index contributed by atoms with van der Waals surface area (Å²) in [6.07, 6.45) is 1.92. The summed E-state index contributed by atoms with van der Waals surface area (Å²) in [7, 11) is 2.15. The lowest BCUT2D eigenvalue weighted by Crippen LogP contribution is -2.72. The van der Waals surface area contributed by atoms with E-state index in [1.807, 2.05) is 24.3 Å².